The molecule has 0 saturated heterocycles. The van der Waals surface area contributed by atoms with Crippen molar-refractivity contribution in [1.82, 2.24) is 14.5 Å². The summed E-state index contributed by atoms with van der Waals surface area (Å²) in [6.07, 6.45) is 2.75. The van der Waals surface area contributed by atoms with Crippen molar-refractivity contribution in [3.05, 3.63) is 53.3 Å². The molecule has 0 saturated carbocycles. The van der Waals surface area contributed by atoms with Crippen molar-refractivity contribution in [2.24, 2.45) is 4.99 Å². The number of phenols is 2. The number of aryl methyl sites for hydroxylation is 1. The van der Waals surface area contributed by atoms with Crippen LogP contribution in [0, 0.1) is 0 Å². The zero-order valence-electron chi connectivity index (χ0n) is 17.2. The molecule has 2 aromatic heterocycles. The Kier molecular flexibility index (Phi) is 5.84. The maximum Gasteiger partial charge on any atom is 0.152 e. The van der Waals surface area contributed by atoms with Gasteiger partial charge < -0.3 is 20.5 Å². The summed E-state index contributed by atoms with van der Waals surface area (Å²) in [6.45, 7) is 2.90. The number of hydrogen-bond donors (Lipinski definition) is 3. The zero-order chi connectivity index (χ0) is 22.0. The summed E-state index contributed by atoms with van der Waals surface area (Å²) in [6, 6.07) is 10.4. The number of benzene rings is 2. The molecule has 0 aliphatic carbocycles. The summed E-state index contributed by atoms with van der Waals surface area (Å²) >= 11 is 4.70. The number of phenolic OH excluding ortho intramolecular Hbond substituents is 2. The summed E-state index contributed by atoms with van der Waals surface area (Å²) in [5, 5.41) is 23.6. The molecule has 31 heavy (non-hydrogen) atoms. The Bertz CT molecular complexity index is 1330. The van der Waals surface area contributed by atoms with Crippen LogP contribution in [0.2, 0.25) is 0 Å². The SMILES string of the molecule is CCCCc1nc2c(N)nc3ccc(CN=C=S)cc3c2n1Cc1cc(O)ccc1O. The van der Waals surface area contributed by atoms with Crippen LogP contribution in [0.25, 0.3) is 21.9 Å². The molecule has 0 bridgehead atoms. The van der Waals surface area contributed by atoms with Crippen LogP contribution in [0.3, 0.4) is 0 Å². The van der Waals surface area contributed by atoms with E-state index < -0.39 is 0 Å². The van der Waals surface area contributed by atoms with Crippen LogP contribution < -0.4 is 5.73 Å². The van der Waals surface area contributed by atoms with Gasteiger partial charge in [-0.05, 0) is 54.5 Å². The van der Waals surface area contributed by atoms with E-state index >= 15 is 0 Å². The molecule has 0 amide bonds. The minimum atomic E-state index is 0.0960. The fraction of sp³-hybridized carbons (Fsp3) is 0.261. The second-order valence-electron chi connectivity index (χ2n) is 7.48. The number of fused-ring (bicyclic) bond motifs is 3. The lowest BCUT2D eigenvalue weighted by Crippen LogP contribution is -2.06. The fourth-order valence-corrected chi connectivity index (χ4v) is 3.86. The highest BCUT2D eigenvalue weighted by Gasteiger charge is 2.19. The predicted octanol–water partition coefficient (Wildman–Crippen LogP) is 4.57. The Morgan fingerprint density at radius 1 is 1.16 bits per heavy atom. The summed E-state index contributed by atoms with van der Waals surface area (Å²) in [4.78, 5) is 13.4. The second-order valence-corrected chi connectivity index (χ2v) is 7.67. The topological polar surface area (TPSA) is 110 Å². The maximum atomic E-state index is 10.4. The van der Waals surface area contributed by atoms with Crippen LogP contribution in [0.4, 0.5) is 5.82 Å². The molecule has 8 heteroatoms. The number of aliphatic imine (C=N–C) groups is 1. The summed E-state index contributed by atoms with van der Waals surface area (Å²) in [5.74, 6) is 1.44. The van der Waals surface area contributed by atoms with Gasteiger partial charge in [0.15, 0.2) is 5.82 Å². The van der Waals surface area contributed by atoms with E-state index in [1.54, 1.807) is 6.07 Å². The van der Waals surface area contributed by atoms with Crippen LogP contribution >= 0.6 is 12.2 Å². The van der Waals surface area contributed by atoms with Crippen molar-refractivity contribution in [3.8, 4) is 11.5 Å². The normalized spacial score (nSPS) is 11.1. The van der Waals surface area contributed by atoms with E-state index in [0.717, 1.165) is 47.1 Å². The number of pyridine rings is 1. The number of nitrogens with two attached hydrogens (primary N) is 1. The average molecular weight is 434 g/mol. The third kappa shape index (κ3) is 4.08. The van der Waals surface area contributed by atoms with Gasteiger partial charge in [-0.3, -0.25) is 0 Å². The standard InChI is InChI=1S/C23H23N5O2S/c1-2-3-4-20-27-21-22(28(20)12-15-10-16(29)6-8-19(15)30)17-9-14(11-25-13-31)5-7-18(17)26-23(21)24/h5-10,29-30H,2-4,11-12H2,1H3,(H2,24,26). The van der Waals surface area contributed by atoms with Crippen molar-refractivity contribution >= 4 is 45.1 Å². The fourth-order valence-electron chi connectivity index (χ4n) is 3.79. The van der Waals surface area contributed by atoms with E-state index in [9.17, 15) is 10.2 Å². The summed E-state index contributed by atoms with van der Waals surface area (Å²) < 4.78 is 2.06. The monoisotopic (exact) mass is 433 g/mol. The first kappa shape index (κ1) is 20.8. The molecule has 0 aliphatic heterocycles. The molecule has 4 rings (SSSR count). The third-order valence-electron chi connectivity index (χ3n) is 5.32. The van der Waals surface area contributed by atoms with Gasteiger partial charge in [0.25, 0.3) is 0 Å². The molecule has 4 aromatic rings. The molecule has 2 heterocycles. The number of nitrogens with zero attached hydrogens (tertiary/aromatic N) is 4. The van der Waals surface area contributed by atoms with Crippen molar-refractivity contribution in [2.75, 3.05) is 5.73 Å². The predicted molar refractivity (Wildman–Crippen MR) is 126 cm³/mol. The zero-order valence-corrected chi connectivity index (χ0v) is 18.0. The molecule has 4 N–H and O–H groups in total. The number of aromatic nitrogens is 3. The largest absolute Gasteiger partial charge is 0.508 e. The molecule has 7 nitrogen and oxygen atoms in total. The number of anilines is 1. The van der Waals surface area contributed by atoms with Gasteiger partial charge in [-0.2, -0.15) is 0 Å². The maximum absolute atomic E-state index is 10.4. The molecule has 0 radical (unpaired) electrons. The highest BCUT2D eigenvalue weighted by molar-refractivity contribution is 7.78. The highest BCUT2D eigenvalue weighted by atomic mass is 32.1. The minimum Gasteiger partial charge on any atom is -0.508 e. The number of imidazole rings is 1. The average Bonchev–Trinajstić information content (AvgIpc) is 3.12. The van der Waals surface area contributed by atoms with Gasteiger partial charge in [-0.15, -0.1) is 0 Å². The first-order valence-corrected chi connectivity index (χ1v) is 10.5. The quantitative estimate of drug-likeness (QED) is 0.224. The Labute approximate surface area is 184 Å². The van der Waals surface area contributed by atoms with Crippen molar-refractivity contribution in [3.63, 3.8) is 0 Å². The van der Waals surface area contributed by atoms with E-state index in [1.807, 2.05) is 18.2 Å². The molecule has 0 aliphatic rings. The van der Waals surface area contributed by atoms with E-state index in [0.29, 0.717) is 30.0 Å². The molecule has 0 atom stereocenters. The first-order chi connectivity index (χ1) is 15.0. The number of isothiocyanates is 1. The van der Waals surface area contributed by atoms with Crippen LogP contribution in [0.5, 0.6) is 11.5 Å². The molecule has 0 spiro atoms. The summed E-state index contributed by atoms with van der Waals surface area (Å²) in [7, 11) is 0. The van der Waals surface area contributed by atoms with Crippen LogP contribution in [0.1, 0.15) is 36.7 Å². The minimum absolute atomic E-state index is 0.0960. The smallest absolute Gasteiger partial charge is 0.152 e. The van der Waals surface area contributed by atoms with Crippen molar-refractivity contribution in [1.29, 1.82) is 0 Å². The number of rotatable bonds is 7. The Morgan fingerprint density at radius 3 is 2.77 bits per heavy atom. The lowest BCUT2D eigenvalue weighted by Gasteiger charge is -2.13. The Balaban J connectivity index is 1.99. The van der Waals surface area contributed by atoms with Gasteiger partial charge in [0, 0.05) is 17.4 Å². The van der Waals surface area contributed by atoms with Crippen molar-refractivity contribution < 1.29 is 10.2 Å². The number of hydrogen-bond acceptors (Lipinski definition) is 7. The molecule has 158 valence electrons. The van der Waals surface area contributed by atoms with Crippen LogP contribution in [0.15, 0.2) is 41.4 Å². The number of aromatic hydroxyl groups is 2. The Hall–Kier alpha value is -3.48. The Morgan fingerprint density at radius 2 is 2.00 bits per heavy atom. The van der Waals surface area contributed by atoms with Crippen molar-refractivity contribution in [2.45, 2.75) is 39.3 Å². The van der Waals surface area contributed by atoms with E-state index in [1.165, 1.54) is 12.1 Å². The molecule has 0 fully saturated rings. The van der Waals surface area contributed by atoms with Crippen LogP contribution in [-0.4, -0.2) is 29.9 Å². The van der Waals surface area contributed by atoms with Gasteiger partial charge in [-0.25, -0.2) is 15.0 Å². The first-order valence-electron chi connectivity index (χ1n) is 10.1. The van der Waals surface area contributed by atoms with Gasteiger partial charge in [0.1, 0.15) is 22.8 Å². The third-order valence-corrected chi connectivity index (χ3v) is 5.45. The molecule has 0 unspecified atom stereocenters. The van der Waals surface area contributed by atoms with Gasteiger partial charge >= 0.3 is 0 Å². The van der Waals surface area contributed by atoms with Gasteiger partial charge in [0.05, 0.1) is 29.3 Å². The second kappa shape index (κ2) is 8.71. The van der Waals surface area contributed by atoms with E-state index in [4.69, 9.17) is 22.9 Å². The molecular formula is C23H23N5O2S. The number of thiocarbonyl (C=S) groups is 1. The van der Waals surface area contributed by atoms with Gasteiger partial charge in [-0.1, -0.05) is 19.4 Å². The lowest BCUT2D eigenvalue weighted by molar-refractivity contribution is 0.452. The van der Waals surface area contributed by atoms with E-state index in [-0.39, 0.29) is 11.5 Å². The van der Waals surface area contributed by atoms with E-state index in [2.05, 4.69) is 26.6 Å². The summed E-state index contributed by atoms with van der Waals surface area (Å²) in [5.41, 5.74) is 10.1. The molecular weight excluding hydrogens is 410 g/mol. The highest BCUT2D eigenvalue weighted by Crippen LogP contribution is 2.32. The van der Waals surface area contributed by atoms with Crippen LogP contribution in [-0.2, 0) is 19.5 Å². The van der Waals surface area contributed by atoms with Gasteiger partial charge in [0.2, 0.25) is 0 Å². The number of unbranched alkanes of at least 4 members (excludes halogenated alkanes) is 1. The molecule has 2 aromatic carbocycles. The lowest BCUT2D eigenvalue weighted by atomic mass is 10.1. The number of nitrogen functional groups attached to an aromatic ring is 1.